The van der Waals surface area contributed by atoms with E-state index in [2.05, 4.69) is 9.89 Å². The van der Waals surface area contributed by atoms with E-state index in [9.17, 15) is 71.3 Å². The summed E-state index contributed by atoms with van der Waals surface area (Å²) in [4.78, 5) is 25.2. The summed E-state index contributed by atoms with van der Waals surface area (Å²) in [7, 11) is -9.14. The maximum Gasteiger partial charge on any atom is 0.294 e. The van der Waals surface area contributed by atoms with Crippen molar-refractivity contribution in [3.8, 4) is 0 Å². The van der Waals surface area contributed by atoms with Crippen LogP contribution in [0.2, 0.25) is 0 Å². The van der Waals surface area contributed by atoms with Crippen LogP contribution in [0.15, 0.2) is 82.3 Å². The smallest absolute Gasteiger partial charge is 0.294 e. The molecule has 0 radical (unpaired) electrons. The van der Waals surface area contributed by atoms with Crippen molar-refractivity contribution < 1.29 is 114 Å². The van der Waals surface area contributed by atoms with Crippen LogP contribution in [0.25, 0.3) is 0 Å². The van der Waals surface area contributed by atoms with Crippen LogP contribution < -0.4 is 10.2 Å². The van der Waals surface area contributed by atoms with Gasteiger partial charge in [0.25, 0.3) is 20.2 Å². The first-order chi connectivity index (χ1) is 40.8. The number of carbonyl (C=O) groups is 2. The predicted octanol–water partition coefficient (Wildman–Crippen LogP) is 1.10. The van der Waals surface area contributed by atoms with Gasteiger partial charge in [-0.1, -0.05) is 39.0 Å². The molecule has 1 amide bonds. The number of nitrogens with one attached hydrogen (secondary N) is 1. The third-order valence-electron chi connectivity index (χ3n) is 15.5. The average molecular weight is 1260 g/mol. The van der Waals surface area contributed by atoms with E-state index in [0.29, 0.717) is 127 Å². The van der Waals surface area contributed by atoms with Crippen molar-refractivity contribution in [3.63, 3.8) is 0 Å². The van der Waals surface area contributed by atoms with Crippen molar-refractivity contribution in [3.05, 3.63) is 83.6 Å². The highest BCUT2D eigenvalue weighted by molar-refractivity contribution is 7.86. The molecule has 0 aromatic heterocycles. The molecule has 0 spiro atoms. The summed E-state index contributed by atoms with van der Waals surface area (Å²) in [6, 6.07) is 8.65. The first-order valence-corrected chi connectivity index (χ1v) is 31.7. The molecule has 28 heteroatoms. The minimum Gasteiger partial charge on any atom is -0.394 e. The first kappa shape index (κ1) is 70.6. The molecule has 482 valence electrons. The van der Waals surface area contributed by atoms with Crippen molar-refractivity contribution in [1.82, 2.24) is 5.32 Å². The van der Waals surface area contributed by atoms with Gasteiger partial charge in [-0.3, -0.25) is 18.7 Å². The molecule has 4 aliphatic heterocycles. The summed E-state index contributed by atoms with van der Waals surface area (Å²) in [6.07, 6.45) is -4.20. The lowest BCUT2D eigenvalue weighted by Crippen LogP contribution is -2.64. The molecule has 0 bridgehead atoms. The second-order valence-corrected chi connectivity index (χ2v) is 25.0. The van der Waals surface area contributed by atoms with Gasteiger partial charge in [0.05, 0.1) is 87.9 Å². The molecule has 4 heterocycles. The summed E-state index contributed by atoms with van der Waals surface area (Å²) < 4.78 is 116. The Hall–Kier alpha value is -4.51. The molecule has 10 atom stereocenters. The number of carbonyl (C=O) groups excluding carboxylic acids is 2. The Morgan fingerprint density at radius 2 is 1.26 bits per heavy atom. The molecule has 0 aliphatic carbocycles. The number of unbranched alkanes of at least 4 members (excludes halogenated alkanes) is 2. The number of anilines is 1. The molecule has 0 saturated carbocycles. The quantitative estimate of drug-likeness (QED) is 0.0200. The highest BCUT2D eigenvalue weighted by Crippen LogP contribution is 2.49. The molecular formula is C58H86N3O23S2+. The van der Waals surface area contributed by atoms with Gasteiger partial charge in [0, 0.05) is 73.3 Å². The fourth-order valence-corrected chi connectivity index (χ4v) is 11.6. The topological polar surface area (TPSA) is 377 Å². The number of ketones is 1. The molecule has 4 unspecified atom stereocenters. The number of hydrogen-bond donors (Lipinski definition) is 10. The molecule has 2 aromatic rings. The molecule has 86 heavy (non-hydrogen) atoms. The van der Waals surface area contributed by atoms with Crippen molar-refractivity contribution in [2.45, 2.75) is 155 Å². The van der Waals surface area contributed by atoms with Crippen molar-refractivity contribution in [2.75, 3.05) is 97.2 Å². The van der Waals surface area contributed by atoms with E-state index in [1.807, 2.05) is 57.7 Å². The van der Waals surface area contributed by atoms with Crippen LogP contribution in [0.1, 0.15) is 84.3 Å². The Labute approximate surface area is 502 Å². The van der Waals surface area contributed by atoms with Crippen LogP contribution in [-0.4, -0.2) is 237 Å². The molecule has 2 fully saturated rings. The van der Waals surface area contributed by atoms with Crippen molar-refractivity contribution in [1.29, 1.82) is 0 Å². The lowest BCUT2D eigenvalue weighted by atomic mass is 9.81. The van der Waals surface area contributed by atoms with Crippen LogP contribution >= 0.6 is 0 Å². The van der Waals surface area contributed by atoms with E-state index in [-0.39, 0.29) is 34.6 Å². The van der Waals surface area contributed by atoms with E-state index in [0.717, 1.165) is 11.4 Å². The zero-order valence-corrected chi connectivity index (χ0v) is 50.9. The van der Waals surface area contributed by atoms with Gasteiger partial charge < -0.3 is 83.9 Å². The molecule has 26 nitrogen and oxygen atoms in total. The zero-order chi connectivity index (χ0) is 63.0. The van der Waals surface area contributed by atoms with E-state index in [1.54, 1.807) is 18.2 Å². The van der Waals surface area contributed by atoms with E-state index in [4.69, 9.17) is 37.9 Å². The Morgan fingerprint density at radius 3 is 1.88 bits per heavy atom. The fraction of sp³-hybridized carbons (Fsp3) is 0.638. The molecule has 2 aromatic carbocycles. The monoisotopic (exact) mass is 1260 g/mol. The van der Waals surface area contributed by atoms with Gasteiger partial charge in [0.1, 0.15) is 61.2 Å². The normalized spacial score (nSPS) is 26.1. The number of ether oxygens (including phenoxy) is 8. The number of allylic oxidation sites excluding steroid dienone is 6. The standard InChI is InChI=1S/C58H85N3O23S2/c1-6-37(64)20-24-77-27-29-79-31-32-80-30-28-78-25-21-59-48(65)15-11-8-12-22-60-42-18-16-38(85(71,72)73)33-40(42)57(2,3)46(60)13-9-7-10-14-47-58(4,5)41-34-39(86(74,75)76)17-19-43(41)61(47)23-26-81-55-53(70)51(68)54(45(36-63)83-55)84-56-52(69)50(67)49(66)44(35-62)82-56/h7,9-10,13-14,16-19,33-34,44-45,49-56,62-63,66-70H,6,8,11-12,15,20-32,35-36H2,1-5H3,(H2-,59,65,71,72,73,74,75,76)/p+1/t44?,45?,49-,50+,51-,52?,53?,54-,55+,56+/m1/s1. The summed E-state index contributed by atoms with van der Waals surface area (Å²) in [5.74, 6) is 0.0554. The summed E-state index contributed by atoms with van der Waals surface area (Å²) >= 11 is 0. The van der Waals surface area contributed by atoms with Crippen LogP contribution in [-0.2, 0) is 78.6 Å². The van der Waals surface area contributed by atoms with Gasteiger partial charge in [-0.2, -0.15) is 21.4 Å². The Balaban J connectivity index is 1.06. The number of nitrogens with zero attached hydrogens (tertiary/aromatic N) is 2. The summed E-state index contributed by atoms with van der Waals surface area (Å²) in [5, 5.41) is 76.1. The first-order valence-electron chi connectivity index (χ1n) is 28.8. The average Bonchev–Trinajstić information content (AvgIpc) is 1.88. The summed E-state index contributed by atoms with van der Waals surface area (Å²) in [6.45, 7) is 11.7. The third-order valence-corrected chi connectivity index (χ3v) is 17.2. The van der Waals surface area contributed by atoms with Gasteiger partial charge in [-0.15, -0.1) is 0 Å². The lowest BCUT2D eigenvalue weighted by Gasteiger charge is -2.46. The number of aliphatic hydroxyl groups is 7. The van der Waals surface area contributed by atoms with E-state index < -0.39 is 106 Å². The number of benzene rings is 2. The number of hydrogen-bond acceptors (Lipinski definition) is 22. The Bertz CT molecular complexity index is 2930. The van der Waals surface area contributed by atoms with Crippen LogP contribution in [0.4, 0.5) is 11.4 Å². The predicted molar refractivity (Wildman–Crippen MR) is 309 cm³/mol. The highest BCUT2D eigenvalue weighted by Gasteiger charge is 2.51. The second kappa shape index (κ2) is 32.3. The largest absolute Gasteiger partial charge is 0.394 e. The maximum atomic E-state index is 12.7. The van der Waals surface area contributed by atoms with Crippen LogP contribution in [0.3, 0.4) is 0 Å². The SMILES string of the molecule is CCC(=O)CCOCCOCCOCCOCCNC(=O)CCCCC[N+]1=C(/C=C/C=C/C=C2/N(CCO[C@H]3OC(CO)[C@@H](O[C@@H]4OC(CO)[C@@H](O)[C@H](O)C4O)[C@H](O)C3O)c3ccc(S(=O)(=O)O)cc3C2(C)C)C(C)(C)c2cc(S(=O)(=O)O)ccc21. The van der Waals surface area contributed by atoms with Crippen molar-refractivity contribution in [2.24, 2.45) is 0 Å². The number of amides is 1. The van der Waals surface area contributed by atoms with Gasteiger partial charge >= 0.3 is 0 Å². The number of aliphatic hydroxyl groups excluding tert-OH is 7. The summed E-state index contributed by atoms with van der Waals surface area (Å²) in [5.41, 5.74) is 2.39. The number of rotatable bonds is 35. The van der Waals surface area contributed by atoms with Crippen LogP contribution in [0.5, 0.6) is 0 Å². The number of Topliss-reactive ketones (excluding diaryl/α,β-unsaturated/α-hetero) is 1. The molecule has 2 saturated heterocycles. The Kier molecular flexibility index (Phi) is 26.5. The van der Waals surface area contributed by atoms with Crippen molar-refractivity contribution >= 4 is 49.0 Å². The Morgan fingerprint density at radius 1 is 0.663 bits per heavy atom. The van der Waals surface area contributed by atoms with Gasteiger partial charge in [0.2, 0.25) is 11.6 Å². The fourth-order valence-electron chi connectivity index (χ4n) is 10.6. The zero-order valence-electron chi connectivity index (χ0n) is 49.2. The molecule has 6 rings (SSSR count). The second-order valence-electron chi connectivity index (χ2n) is 22.2. The van der Waals surface area contributed by atoms with E-state index in [1.165, 1.54) is 30.3 Å². The highest BCUT2D eigenvalue weighted by atomic mass is 32.2. The molecule has 10 N–H and O–H groups in total. The minimum absolute atomic E-state index is 0.0536. The van der Waals surface area contributed by atoms with Gasteiger partial charge in [0.15, 0.2) is 18.3 Å². The van der Waals surface area contributed by atoms with E-state index >= 15 is 0 Å². The maximum absolute atomic E-state index is 12.7. The molecule has 4 aliphatic rings. The van der Waals surface area contributed by atoms with Gasteiger partial charge in [-0.05, 0) is 68.7 Å². The third kappa shape index (κ3) is 18.3. The number of fused-ring (bicyclic) bond motifs is 2. The van der Waals surface area contributed by atoms with Crippen LogP contribution in [0, 0.1) is 0 Å². The lowest BCUT2D eigenvalue weighted by molar-refractivity contribution is -0.438. The van der Waals surface area contributed by atoms with Gasteiger partial charge in [-0.25, -0.2) is 0 Å². The minimum atomic E-state index is -4.61. The molecular weight excluding hydrogens is 1170 g/mol.